The number of carbonyl (C=O) groups excluding carboxylic acids is 2. The van der Waals surface area contributed by atoms with E-state index >= 15 is 0 Å². The minimum atomic E-state index is -4.79. The van der Waals surface area contributed by atoms with E-state index in [-0.39, 0.29) is 24.8 Å². The van der Waals surface area contributed by atoms with Crippen molar-refractivity contribution in [2.24, 2.45) is 0 Å². The molecule has 0 fully saturated rings. The van der Waals surface area contributed by atoms with Gasteiger partial charge < -0.3 is 25.3 Å². The first kappa shape index (κ1) is 25.1. The summed E-state index contributed by atoms with van der Waals surface area (Å²) in [5, 5.41) is 2.91. The van der Waals surface area contributed by atoms with Crippen molar-refractivity contribution in [2.75, 3.05) is 26.4 Å². The normalized spacial score (nSPS) is 11.2. The molecule has 1 aromatic carbocycles. The van der Waals surface area contributed by atoms with Crippen LogP contribution < -0.4 is 21.3 Å². The van der Waals surface area contributed by atoms with Crippen LogP contribution in [0.4, 0.5) is 18.9 Å². The highest BCUT2D eigenvalue weighted by Gasteiger charge is 2.35. The molecule has 0 spiro atoms. The lowest BCUT2D eigenvalue weighted by Gasteiger charge is -2.17. The molecule has 32 heavy (non-hydrogen) atoms. The summed E-state index contributed by atoms with van der Waals surface area (Å²) in [6.07, 6.45) is -4.79. The number of aromatic nitrogens is 1. The van der Waals surface area contributed by atoms with E-state index < -0.39 is 35.4 Å². The lowest BCUT2D eigenvalue weighted by atomic mass is 10.1. The maximum Gasteiger partial charge on any atom is 0.418 e. The largest absolute Gasteiger partial charge is 0.483 e. The number of nitrogens with one attached hydrogen (secondary N) is 1. The van der Waals surface area contributed by atoms with E-state index in [0.29, 0.717) is 22.4 Å². The van der Waals surface area contributed by atoms with Gasteiger partial charge in [-0.1, -0.05) is 11.6 Å². The maximum atomic E-state index is 13.0. The molecule has 0 bridgehead atoms. The van der Waals surface area contributed by atoms with Crippen LogP contribution in [0, 0.1) is 6.92 Å². The number of likely N-dealkylation sites (N-methyl/N-ethyl adjacent to an activating group) is 1. The van der Waals surface area contributed by atoms with E-state index in [1.807, 2.05) is 0 Å². The van der Waals surface area contributed by atoms with Gasteiger partial charge >= 0.3 is 6.18 Å². The molecule has 2 rings (SSSR count). The number of hydrogen-bond donors (Lipinski definition) is 2. The van der Waals surface area contributed by atoms with Crippen LogP contribution >= 0.6 is 11.6 Å². The fraction of sp³-hybridized carbons (Fsp3) is 0.350. The van der Waals surface area contributed by atoms with Gasteiger partial charge in [0.25, 0.3) is 11.5 Å². The Kier molecular flexibility index (Phi) is 7.78. The first-order valence-corrected chi connectivity index (χ1v) is 9.64. The number of carbonyl (C=O) groups is 2. The van der Waals surface area contributed by atoms with E-state index in [9.17, 15) is 27.6 Å². The molecule has 0 aliphatic carbocycles. The van der Waals surface area contributed by atoms with Gasteiger partial charge in [-0.25, -0.2) is 0 Å². The summed E-state index contributed by atoms with van der Waals surface area (Å²) < 4.78 is 45.3. The molecule has 1 aromatic heterocycles. The zero-order valence-electron chi connectivity index (χ0n) is 17.5. The molecule has 0 atom stereocenters. The number of halogens is 4. The number of alkyl halides is 3. The Labute approximate surface area is 186 Å². The summed E-state index contributed by atoms with van der Waals surface area (Å²) in [6.45, 7) is 0.445. The quantitative estimate of drug-likeness (QED) is 0.640. The Morgan fingerprint density at radius 3 is 2.50 bits per heavy atom. The number of aryl methyl sites for hydroxylation is 1. The Bertz CT molecular complexity index is 1080. The summed E-state index contributed by atoms with van der Waals surface area (Å²) >= 11 is 5.99. The molecule has 0 aliphatic rings. The first-order valence-electron chi connectivity index (χ1n) is 9.26. The van der Waals surface area contributed by atoms with Crippen LogP contribution in [-0.4, -0.2) is 42.0 Å². The monoisotopic (exact) mass is 474 g/mol. The molecule has 0 saturated heterocycles. The Balaban J connectivity index is 2.14. The molecule has 2 aromatic rings. The number of nitrogen functional groups attached to an aromatic ring is 1. The summed E-state index contributed by atoms with van der Waals surface area (Å²) in [6, 6.07) is 5.34. The lowest BCUT2D eigenvalue weighted by molar-refractivity contribution is -0.137. The molecule has 12 heteroatoms. The zero-order chi connectivity index (χ0) is 24.2. The van der Waals surface area contributed by atoms with Gasteiger partial charge in [0, 0.05) is 36.9 Å². The molecular weight excluding hydrogens is 453 g/mol. The van der Waals surface area contributed by atoms with Crippen molar-refractivity contribution < 1.29 is 27.5 Å². The van der Waals surface area contributed by atoms with Gasteiger partial charge in [0.1, 0.15) is 18.0 Å². The molecule has 8 nitrogen and oxygen atoms in total. The average molecular weight is 475 g/mol. The molecule has 0 saturated carbocycles. The van der Waals surface area contributed by atoms with E-state index in [1.54, 1.807) is 20.2 Å². The van der Waals surface area contributed by atoms with Crippen molar-refractivity contribution in [3.63, 3.8) is 0 Å². The highest BCUT2D eigenvalue weighted by Crippen LogP contribution is 2.32. The Morgan fingerprint density at radius 1 is 1.25 bits per heavy atom. The van der Waals surface area contributed by atoms with Gasteiger partial charge in [0.15, 0.2) is 6.61 Å². The fourth-order valence-electron chi connectivity index (χ4n) is 2.71. The predicted molar refractivity (Wildman–Crippen MR) is 112 cm³/mol. The van der Waals surface area contributed by atoms with Crippen LogP contribution in [-0.2, 0) is 28.9 Å². The molecule has 2 amide bonds. The number of benzene rings is 1. The van der Waals surface area contributed by atoms with Crippen LogP contribution in [0.25, 0.3) is 0 Å². The van der Waals surface area contributed by atoms with Gasteiger partial charge in [-0.3, -0.25) is 14.4 Å². The molecule has 0 aliphatic heterocycles. The SMILES string of the molecule is Cc1cc(C(F)(F)F)c(N)c(=O)n1CC(=O)NCc1cc(Cl)ccc1OCC(=O)N(C)C. The van der Waals surface area contributed by atoms with Crippen LogP contribution in [0.1, 0.15) is 16.8 Å². The second-order valence-electron chi connectivity index (χ2n) is 7.11. The van der Waals surface area contributed by atoms with Crippen LogP contribution in [0.5, 0.6) is 5.75 Å². The van der Waals surface area contributed by atoms with Crippen molar-refractivity contribution in [2.45, 2.75) is 26.2 Å². The summed E-state index contributed by atoms with van der Waals surface area (Å²) in [5.41, 5.74) is 2.41. The number of rotatable bonds is 7. The van der Waals surface area contributed by atoms with Gasteiger partial charge in [-0.05, 0) is 31.2 Å². The van der Waals surface area contributed by atoms with E-state index in [1.165, 1.54) is 24.0 Å². The molecule has 1 heterocycles. The highest BCUT2D eigenvalue weighted by atomic mass is 35.5. The smallest absolute Gasteiger partial charge is 0.418 e. The third kappa shape index (κ3) is 6.16. The van der Waals surface area contributed by atoms with Crippen LogP contribution in [0.15, 0.2) is 29.1 Å². The molecule has 0 radical (unpaired) electrons. The van der Waals surface area contributed by atoms with Crippen molar-refractivity contribution >= 4 is 29.1 Å². The van der Waals surface area contributed by atoms with Gasteiger partial charge in [0.2, 0.25) is 5.91 Å². The van der Waals surface area contributed by atoms with Crippen LogP contribution in [0.2, 0.25) is 5.02 Å². The van der Waals surface area contributed by atoms with Gasteiger partial charge in [-0.15, -0.1) is 0 Å². The van der Waals surface area contributed by atoms with E-state index in [4.69, 9.17) is 22.1 Å². The number of amides is 2. The zero-order valence-corrected chi connectivity index (χ0v) is 18.3. The van der Waals surface area contributed by atoms with Crippen molar-refractivity contribution in [3.05, 3.63) is 56.5 Å². The second kappa shape index (κ2) is 9.94. The Hall–Kier alpha value is -3.21. The Morgan fingerprint density at radius 2 is 1.91 bits per heavy atom. The molecule has 0 unspecified atom stereocenters. The van der Waals surface area contributed by atoms with Crippen molar-refractivity contribution in [1.29, 1.82) is 0 Å². The summed E-state index contributed by atoms with van der Waals surface area (Å²) in [7, 11) is 3.15. The van der Waals surface area contributed by atoms with E-state index in [0.717, 1.165) is 4.57 Å². The number of pyridine rings is 1. The fourth-order valence-corrected chi connectivity index (χ4v) is 2.90. The third-order valence-electron chi connectivity index (χ3n) is 4.50. The number of ether oxygens (including phenoxy) is 1. The average Bonchev–Trinajstić information content (AvgIpc) is 2.70. The van der Waals surface area contributed by atoms with Gasteiger partial charge in [-0.2, -0.15) is 13.2 Å². The lowest BCUT2D eigenvalue weighted by Crippen LogP contribution is -2.35. The van der Waals surface area contributed by atoms with E-state index in [2.05, 4.69) is 5.32 Å². The molecular formula is C20H22ClF3N4O4. The molecule has 174 valence electrons. The van der Waals surface area contributed by atoms with Crippen LogP contribution in [0.3, 0.4) is 0 Å². The second-order valence-corrected chi connectivity index (χ2v) is 7.54. The molecule has 3 N–H and O–H groups in total. The summed E-state index contributed by atoms with van der Waals surface area (Å²) in [4.78, 5) is 37.7. The topological polar surface area (TPSA) is 107 Å². The maximum absolute atomic E-state index is 13.0. The number of nitrogens with zero attached hydrogens (tertiary/aromatic N) is 2. The van der Waals surface area contributed by atoms with Crippen molar-refractivity contribution in [1.82, 2.24) is 14.8 Å². The predicted octanol–water partition coefficient (Wildman–Crippen LogP) is 2.19. The standard InChI is InChI=1S/C20H22ClF3N4O4/c1-11-6-14(20(22,23)24)18(25)19(31)28(11)9-16(29)26-8-12-7-13(21)4-5-15(12)32-10-17(30)27(2)3/h4-7H,8-10,25H2,1-3H3,(H,26,29). The van der Waals surface area contributed by atoms with Crippen molar-refractivity contribution in [3.8, 4) is 5.75 Å². The highest BCUT2D eigenvalue weighted by molar-refractivity contribution is 6.30. The minimum absolute atomic E-state index is 0.0607. The minimum Gasteiger partial charge on any atom is -0.483 e. The first-order chi connectivity index (χ1) is 14.8. The third-order valence-corrected chi connectivity index (χ3v) is 4.74. The summed E-state index contributed by atoms with van der Waals surface area (Å²) in [5.74, 6) is -0.605. The van der Waals surface area contributed by atoms with Gasteiger partial charge in [0.05, 0.1) is 5.56 Å². The number of anilines is 1. The number of hydrogen-bond acceptors (Lipinski definition) is 5. The number of nitrogens with two attached hydrogens (primary N) is 1.